The SMILES string of the molecule is NC1CCCN(CCC(=O)Nc2cccc(Cl)c2)C1. The summed E-state index contributed by atoms with van der Waals surface area (Å²) >= 11 is 5.87. The van der Waals surface area contributed by atoms with Gasteiger partial charge in [-0.2, -0.15) is 0 Å². The van der Waals surface area contributed by atoms with Crippen molar-refractivity contribution in [1.29, 1.82) is 0 Å². The van der Waals surface area contributed by atoms with Crippen molar-refractivity contribution in [3.8, 4) is 0 Å². The molecule has 1 atom stereocenters. The number of nitrogens with zero attached hydrogens (tertiary/aromatic N) is 1. The maximum atomic E-state index is 11.8. The number of rotatable bonds is 4. The van der Waals surface area contributed by atoms with Crippen LogP contribution in [0.5, 0.6) is 0 Å². The predicted molar refractivity (Wildman–Crippen MR) is 78.3 cm³/mol. The van der Waals surface area contributed by atoms with E-state index in [1.807, 2.05) is 12.1 Å². The van der Waals surface area contributed by atoms with Crippen LogP contribution < -0.4 is 11.1 Å². The molecule has 0 saturated carbocycles. The van der Waals surface area contributed by atoms with Gasteiger partial charge in [0, 0.05) is 36.3 Å². The number of amides is 1. The Kier molecular flexibility index (Phi) is 5.19. The fraction of sp³-hybridized carbons (Fsp3) is 0.500. The number of hydrogen-bond donors (Lipinski definition) is 2. The van der Waals surface area contributed by atoms with Gasteiger partial charge in [0.1, 0.15) is 0 Å². The van der Waals surface area contributed by atoms with Gasteiger partial charge >= 0.3 is 0 Å². The third kappa shape index (κ3) is 4.82. The molecule has 0 spiro atoms. The van der Waals surface area contributed by atoms with Crippen LogP contribution in [-0.4, -0.2) is 36.5 Å². The van der Waals surface area contributed by atoms with Crippen LogP contribution >= 0.6 is 11.6 Å². The maximum Gasteiger partial charge on any atom is 0.225 e. The number of nitrogens with one attached hydrogen (secondary N) is 1. The number of likely N-dealkylation sites (tertiary alicyclic amines) is 1. The van der Waals surface area contributed by atoms with Crippen molar-refractivity contribution in [2.75, 3.05) is 25.0 Å². The number of halogens is 1. The smallest absolute Gasteiger partial charge is 0.225 e. The molecular formula is C14H20ClN3O. The molecule has 1 aromatic rings. The van der Waals surface area contributed by atoms with E-state index in [1.165, 1.54) is 0 Å². The lowest BCUT2D eigenvalue weighted by molar-refractivity contribution is -0.116. The monoisotopic (exact) mass is 281 g/mol. The van der Waals surface area contributed by atoms with E-state index in [0.717, 1.165) is 38.2 Å². The van der Waals surface area contributed by atoms with Crippen LogP contribution in [0.3, 0.4) is 0 Å². The van der Waals surface area contributed by atoms with E-state index < -0.39 is 0 Å². The topological polar surface area (TPSA) is 58.4 Å². The summed E-state index contributed by atoms with van der Waals surface area (Å²) in [5.41, 5.74) is 6.66. The molecule has 1 amide bonds. The van der Waals surface area contributed by atoms with Crippen molar-refractivity contribution in [3.63, 3.8) is 0 Å². The molecular weight excluding hydrogens is 262 g/mol. The highest BCUT2D eigenvalue weighted by Gasteiger charge is 2.17. The molecule has 1 aromatic carbocycles. The van der Waals surface area contributed by atoms with E-state index in [2.05, 4.69) is 10.2 Å². The number of piperidine rings is 1. The van der Waals surface area contributed by atoms with Crippen molar-refractivity contribution >= 4 is 23.2 Å². The van der Waals surface area contributed by atoms with Crippen molar-refractivity contribution < 1.29 is 4.79 Å². The van der Waals surface area contributed by atoms with E-state index in [-0.39, 0.29) is 11.9 Å². The second-order valence-corrected chi connectivity index (χ2v) is 5.45. The summed E-state index contributed by atoms with van der Waals surface area (Å²) in [6.45, 7) is 2.70. The molecule has 0 bridgehead atoms. The average molecular weight is 282 g/mol. The highest BCUT2D eigenvalue weighted by atomic mass is 35.5. The number of carbonyl (C=O) groups is 1. The van der Waals surface area contributed by atoms with Crippen molar-refractivity contribution in [3.05, 3.63) is 29.3 Å². The quantitative estimate of drug-likeness (QED) is 0.888. The zero-order valence-corrected chi connectivity index (χ0v) is 11.7. The number of carbonyl (C=O) groups excluding carboxylic acids is 1. The lowest BCUT2D eigenvalue weighted by Crippen LogP contribution is -2.43. The minimum Gasteiger partial charge on any atom is -0.327 e. The summed E-state index contributed by atoms with van der Waals surface area (Å²) in [7, 11) is 0. The van der Waals surface area contributed by atoms with E-state index >= 15 is 0 Å². The largest absolute Gasteiger partial charge is 0.327 e. The number of nitrogens with two attached hydrogens (primary N) is 1. The highest BCUT2D eigenvalue weighted by Crippen LogP contribution is 2.15. The minimum atomic E-state index is 0.0152. The summed E-state index contributed by atoms with van der Waals surface area (Å²) in [6.07, 6.45) is 2.70. The molecule has 0 aromatic heterocycles. The lowest BCUT2D eigenvalue weighted by atomic mass is 10.1. The third-order valence-corrected chi connectivity index (χ3v) is 3.54. The zero-order valence-electron chi connectivity index (χ0n) is 10.9. The van der Waals surface area contributed by atoms with E-state index in [9.17, 15) is 4.79 Å². The summed E-state index contributed by atoms with van der Waals surface area (Å²) < 4.78 is 0. The van der Waals surface area contributed by atoms with Gasteiger partial charge < -0.3 is 16.0 Å². The lowest BCUT2D eigenvalue weighted by Gasteiger charge is -2.30. The first-order valence-electron chi connectivity index (χ1n) is 6.67. The van der Waals surface area contributed by atoms with Crippen molar-refractivity contribution in [2.45, 2.75) is 25.3 Å². The summed E-state index contributed by atoms with van der Waals surface area (Å²) in [4.78, 5) is 14.1. The third-order valence-electron chi connectivity index (χ3n) is 3.31. The Morgan fingerprint density at radius 2 is 2.37 bits per heavy atom. The summed E-state index contributed by atoms with van der Waals surface area (Å²) in [5.74, 6) is 0.0152. The Morgan fingerprint density at radius 3 is 3.11 bits per heavy atom. The molecule has 5 heteroatoms. The molecule has 3 N–H and O–H groups in total. The van der Waals surface area contributed by atoms with Gasteiger partial charge in [0.05, 0.1) is 0 Å². The van der Waals surface area contributed by atoms with Crippen molar-refractivity contribution in [2.24, 2.45) is 5.73 Å². The molecule has 19 heavy (non-hydrogen) atoms. The second kappa shape index (κ2) is 6.89. The molecule has 1 saturated heterocycles. The van der Waals surface area contributed by atoms with E-state index in [0.29, 0.717) is 11.4 Å². The molecule has 1 unspecified atom stereocenters. The summed E-state index contributed by atoms with van der Waals surface area (Å²) in [6, 6.07) is 7.44. The van der Waals surface area contributed by atoms with Crippen LogP contribution in [0, 0.1) is 0 Å². The average Bonchev–Trinajstić information content (AvgIpc) is 2.36. The van der Waals surface area contributed by atoms with Crippen LogP contribution in [0.4, 0.5) is 5.69 Å². The molecule has 1 aliphatic rings. The Morgan fingerprint density at radius 1 is 1.53 bits per heavy atom. The molecule has 2 rings (SSSR count). The van der Waals surface area contributed by atoms with Crippen LogP contribution in [0.25, 0.3) is 0 Å². The fourth-order valence-corrected chi connectivity index (χ4v) is 2.53. The minimum absolute atomic E-state index is 0.0152. The Balaban J connectivity index is 1.75. The second-order valence-electron chi connectivity index (χ2n) is 5.01. The molecule has 0 aliphatic carbocycles. The molecule has 1 heterocycles. The van der Waals surface area contributed by atoms with E-state index in [1.54, 1.807) is 12.1 Å². The van der Waals surface area contributed by atoms with Crippen LogP contribution in [0.15, 0.2) is 24.3 Å². The number of anilines is 1. The molecule has 4 nitrogen and oxygen atoms in total. The first kappa shape index (κ1) is 14.3. The van der Waals surface area contributed by atoms with Gasteiger partial charge in [0.25, 0.3) is 0 Å². The van der Waals surface area contributed by atoms with Gasteiger partial charge in [-0.05, 0) is 37.6 Å². The van der Waals surface area contributed by atoms with Crippen LogP contribution in [0.1, 0.15) is 19.3 Å². The fourth-order valence-electron chi connectivity index (χ4n) is 2.34. The summed E-state index contributed by atoms with van der Waals surface area (Å²) in [5, 5.41) is 3.48. The first-order valence-corrected chi connectivity index (χ1v) is 7.04. The van der Waals surface area contributed by atoms with Gasteiger partial charge in [0.15, 0.2) is 0 Å². The molecule has 1 aliphatic heterocycles. The van der Waals surface area contributed by atoms with Gasteiger partial charge in [-0.25, -0.2) is 0 Å². The van der Waals surface area contributed by atoms with E-state index in [4.69, 9.17) is 17.3 Å². The normalized spacial score (nSPS) is 20.2. The van der Waals surface area contributed by atoms with Crippen molar-refractivity contribution in [1.82, 2.24) is 4.90 Å². The number of hydrogen-bond acceptors (Lipinski definition) is 3. The molecule has 1 fully saturated rings. The highest BCUT2D eigenvalue weighted by molar-refractivity contribution is 6.30. The van der Waals surface area contributed by atoms with Gasteiger partial charge in [-0.1, -0.05) is 17.7 Å². The Hall–Kier alpha value is -1.10. The predicted octanol–water partition coefficient (Wildman–Crippen LogP) is 2.09. The molecule has 0 radical (unpaired) electrons. The Labute approximate surface area is 118 Å². The standard InChI is InChI=1S/C14H20ClN3O/c15-11-3-1-5-13(9-11)17-14(19)6-8-18-7-2-4-12(16)10-18/h1,3,5,9,12H,2,4,6-8,10,16H2,(H,17,19). The van der Waals surface area contributed by atoms with Gasteiger partial charge in [-0.3, -0.25) is 4.79 Å². The maximum absolute atomic E-state index is 11.8. The molecule has 104 valence electrons. The Bertz CT molecular complexity index is 438. The number of benzene rings is 1. The van der Waals surface area contributed by atoms with Crippen LogP contribution in [-0.2, 0) is 4.79 Å². The van der Waals surface area contributed by atoms with Crippen LogP contribution in [0.2, 0.25) is 5.02 Å². The van der Waals surface area contributed by atoms with Gasteiger partial charge in [-0.15, -0.1) is 0 Å². The zero-order chi connectivity index (χ0) is 13.7. The van der Waals surface area contributed by atoms with Gasteiger partial charge in [0.2, 0.25) is 5.91 Å². The first-order chi connectivity index (χ1) is 9.13.